The number of pyridine rings is 1. The number of aromatic nitrogens is 1. The van der Waals surface area contributed by atoms with Crippen molar-refractivity contribution < 1.29 is 31.5 Å². The number of likely N-dealkylation sites (tertiary alicyclic amines) is 1. The number of carbonyl (C=O) groups excluding carboxylic acids is 2. The van der Waals surface area contributed by atoms with Gasteiger partial charge in [-0.25, -0.2) is 13.8 Å². The van der Waals surface area contributed by atoms with Gasteiger partial charge >= 0.3 is 6.18 Å². The third-order valence-electron chi connectivity index (χ3n) is 3.64. The van der Waals surface area contributed by atoms with Gasteiger partial charge in [-0.15, -0.1) is 0 Å². The molecule has 2 amide bonds. The van der Waals surface area contributed by atoms with E-state index in [4.69, 9.17) is 0 Å². The maximum Gasteiger partial charge on any atom is 0.408 e. The minimum absolute atomic E-state index is 0.0207. The molecule has 2 atom stereocenters. The monoisotopic (exact) mass is 351 g/mol. The zero-order chi connectivity index (χ0) is 18.1. The van der Waals surface area contributed by atoms with E-state index >= 15 is 0 Å². The summed E-state index contributed by atoms with van der Waals surface area (Å²) < 4.78 is 66.1. The van der Waals surface area contributed by atoms with Gasteiger partial charge in [-0.3, -0.25) is 9.59 Å². The van der Waals surface area contributed by atoms with E-state index in [2.05, 4.69) is 10.3 Å². The number of rotatable bonds is 2. The van der Waals surface area contributed by atoms with Crippen LogP contribution in [0, 0.1) is 11.6 Å². The highest BCUT2D eigenvalue weighted by atomic mass is 19.4. The topological polar surface area (TPSA) is 62.3 Å². The van der Waals surface area contributed by atoms with Crippen LogP contribution < -0.4 is 5.32 Å². The first-order chi connectivity index (χ1) is 11.1. The highest BCUT2D eigenvalue weighted by molar-refractivity contribution is 5.93. The molecule has 1 aromatic heterocycles. The number of hydrogen-bond acceptors (Lipinski definition) is 3. The van der Waals surface area contributed by atoms with E-state index in [9.17, 15) is 31.5 Å². The van der Waals surface area contributed by atoms with Crippen molar-refractivity contribution in [2.75, 3.05) is 6.54 Å². The lowest BCUT2D eigenvalue weighted by Gasteiger charge is -2.40. The summed E-state index contributed by atoms with van der Waals surface area (Å²) in [5.74, 6) is -4.15. The maximum atomic E-state index is 13.7. The Morgan fingerprint density at radius 2 is 1.96 bits per heavy atom. The average Bonchev–Trinajstić information content (AvgIpc) is 2.44. The lowest BCUT2D eigenvalue weighted by Crippen LogP contribution is -2.58. The second-order valence-corrected chi connectivity index (χ2v) is 5.47. The van der Waals surface area contributed by atoms with Crippen LogP contribution in [0.4, 0.5) is 22.0 Å². The van der Waals surface area contributed by atoms with Crippen LogP contribution in [0.1, 0.15) is 30.3 Å². The molecule has 132 valence electrons. The van der Waals surface area contributed by atoms with Crippen LogP contribution in [0.2, 0.25) is 0 Å². The molecule has 0 radical (unpaired) electrons. The fourth-order valence-corrected chi connectivity index (χ4v) is 2.65. The number of alkyl halides is 3. The Balaban J connectivity index is 2.31. The summed E-state index contributed by atoms with van der Waals surface area (Å²) in [5, 5.41) is 2.44. The minimum Gasteiger partial charge on any atom is -0.352 e. The molecule has 0 saturated carbocycles. The standard InChI is InChI=1S/C14H14F5N3O2/c1-7(23)21-9-2-3-11(14(17,18)19)22(6-9)13(24)12-10(16)4-8(15)5-20-12/h4-5,9,11H,2-3,6H2,1H3,(H,21,23)/t9-,11+/m1/s1. The molecule has 2 heterocycles. The van der Waals surface area contributed by atoms with Gasteiger partial charge in [-0.05, 0) is 12.8 Å². The quantitative estimate of drug-likeness (QED) is 0.830. The van der Waals surface area contributed by atoms with Crippen LogP contribution in [0.3, 0.4) is 0 Å². The van der Waals surface area contributed by atoms with Gasteiger partial charge in [0, 0.05) is 25.6 Å². The predicted molar refractivity (Wildman–Crippen MR) is 71.9 cm³/mol. The average molecular weight is 351 g/mol. The molecule has 1 aromatic rings. The van der Waals surface area contributed by atoms with Gasteiger partial charge in [0.1, 0.15) is 11.9 Å². The number of nitrogens with one attached hydrogen (secondary N) is 1. The molecule has 0 aliphatic carbocycles. The Labute approximate surface area is 133 Å². The number of carbonyl (C=O) groups is 2. The first-order valence-corrected chi connectivity index (χ1v) is 7.05. The van der Waals surface area contributed by atoms with E-state index in [1.54, 1.807) is 0 Å². The van der Waals surface area contributed by atoms with E-state index < -0.39 is 60.4 Å². The van der Waals surface area contributed by atoms with Crippen molar-refractivity contribution in [3.05, 3.63) is 29.6 Å². The summed E-state index contributed by atoms with van der Waals surface area (Å²) >= 11 is 0. The van der Waals surface area contributed by atoms with Crippen molar-refractivity contribution >= 4 is 11.8 Å². The first-order valence-electron chi connectivity index (χ1n) is 7.05. The van der Waals surface area contributed by atoms with Gasteiger partial charge in [0.25, 0.3) is 5.91 Å². The molecular formula is C14H14F5N3O2. The van der Waals surface area contributed by atoms with Gasteiger partial charge in [0.15, 0.2) is 11.5 Å². The normalized spacial score (nSPS) is 21.5. The zero-order valence-electron chi connectivity index (χ0n) is 12.5. The highest BCUT2D eigenvalue weighted by Crippen LogP contribution is 2.33. The Morgan fingerprint density at radius 3 is 2.50 bits per heavy atom. The Hall–Kier alpha value is -2.26. The Morgan fingerprint density at radius 1 is 1.29 bits per heavy atom. The Kier molecular flexibility index (Phi) is 5.05. The van der Waals surface area contributed by atoms with E-state index in [0.29, 0.717) is 17.2 Å². The third kappa shape index (κ3) is 3.98. The van der Waals surface area contributed by atoms with Crippen molar-refractivity contribution in [2.24, 2.45) is 0 Å². The summed E-state index contributed by atoms with van der Waals surface area (Å²) in [4.78, 5) is 27.1. The van der Waals surface area contributed by atoms with Crippen molar-refractivity contribution in [3.63, 3.8) is 0 Å². The second-order valence-electron chi connectivity index (χ2n) is 5.47. The second kappa shape index (κ2) is 6.70. The van der Waals surface area contributed by atoms with E-state index in [0.717, 1.165) is 0 Å². The van der Waals surface area contributed by atoms with E-state index in [1.165, 1.54) is 6.92 Å². The molecule has 1 aliphatic rings. The maximum absolute atomic E-state index is 13.7. The van der Waals surface area contributed by atoms with Crippen LogP contribution in [0.5, 0.6) is 0 Å². The summed E-state index contributed by atoms with van der Waals surface area (Å²) in [6.45, 7) is 0.754. The molecular weight excluding hydrogens is 337 g/mol. The molecule has 1 N–H and O–H groups in total. The highest BCUT2D eigenvalue weighted by Gasteiger charge is 2.48. The fraction of sp³-hybridized carbons (Fsp3) is 0.500. The number of halogens is 5. The van der Waals surface area contributed by atoms with Gasteiger partial charge in [0.05, 0.1) is 6.20 Å². The number of amides is 2. The van der Waals surface area contributed by atoms with Gasteiger partial charge in [-0.2, -0.15) is 13.2 Å². The molecule has 10 heteroatoms. The van der Waals surface area contributed by atoms with Crippen molar-refractivity contribution in [2.45, 2.75) is 38.0 Å². The van der Waals surface area contributed by atoms with Crippen molar-refractivity contribution in [1.82, 2.24) is 15.2 Å². The molecule has 1 fully saturated rings. The number of hydrogen-bond donors (Lipinski definition) is 1. The molecule has 0 aromatic carbocycles. The summed E-state index contributed by atoms with van der Waals surface area (Å²) in [5.41, 5.74) is -0.894. The molecule has 5 nitrogen and oxygen atoms in total. The summed E-state index contributed by atoms with van der Waals surface area (Å²) in [6, 6.07) is -2.44. The minimum atomic E-state index is -4.71. The Bertz CT molecular complexity index is 650. The predicted octanol–water partition coefficient (Wildman–Crippen LogP) is 2.03. The first kappa shape index (κ1) is 18.1. The van der Waals surface area contributed by atoms with Crippen LogP contribution in [0.15, 0.2) is 12.3 Å². The van der Waals surface area contributed by atoms with Gasteiger partial charge in [0.2, 0.25) is 5.91 Å². The molecule has 0 bridgehead atoms. The lowest BCUT2D eigenvalue weighted by atomic mass is 9.97. The smallest absolute Gasteiger partial charge is 0.352 e. The number of nitrogens with zero attached hydrogens (tertiary/aromatic N) is 2. The van der Waals surface area contributed by atoms with Crippen LogP contribution in [-0.2, 0) is 4.79 Å². The SMILES string of the molecule is CC(=O)N[C@@H]1CC[C@@H](C(F)(F)F)N(C(=O)c2ncc(F)cc2F)C1. The van der Waals surface area contributed by atoms with Crippen LogP contribution in [0.25, 0.3) is 0 Å². The summed E-state index contributed by atoms with van der Waals surface area (Å²) in [6.07, 6.45) is -4.59. The van der Waals surface area contributed by atoms with Crippen molar-refractivity contribution in [1.29, 1.82) is 0 Å². The lowest BCUT2D eigenvalue weighted by molar-refractivity contribution is -0.184. The van der Waals surface area contributed by atoms with Gasteiger partial charge < -0.3 is 10.2 Å². The number of piperidine rings is 1. The summed E-state index contributed by atoms with van der Waals surface area (Å²) in [7, 11) is 0. The molecule has 0 spiro atoms. The van der Waals surface area contributed by atoms with Crippen LogP contribution in [-0.4, -0.2) is 46.5 Å². The molecule has 24 heavy (non-hydrogen) atoms. The molecule has 1 aliphatic heterocycles. The largest absolute Gasteiger partial charge is 0.408 e. The molecule has 2 rings (SSSR count). The third-order valence-corrected chi connectivity index (χ3v) is 3.64. The zero-order valence-corrected chi connectivity index (χ0v) is 12.5. The molecule has 1 saturated heterocycles. The fourth-order valence-electron chi connectivity index (χ4n) is 2.65. The molecule has 0 unspecified atom stereocenters. The van der Waals surface area contributed by atoms with Crippen molar-refractivity contribution in [3.8, 4) is 0 Å². The van der Waals surface area contributed by atoms with Gasteiger partial charge in [-0.1, -0.05) is 0 Å². The van der Waals surface area contributed by atoms with E-state index in [-0.39, 0.29) is 6.42 Å². The van der Waals surface area contributed by atoms with Crippen LogP contribution >= 0.6 is 0 Å². The van der Waals surface area contributed by atoms with E-state index in [1.807, 2.05) is 0 Å².